The first-order valence-electron chi connectivity index (χ1n) is 14.0. The second kappa shape index (κ2) is 7.55. The summed E-state index contributed by atoms with van der Waals surface area (Å²) in [5.74, 6) is 1.81. The highest BCUT2D eigenvalue weighted by molar-refractivity contribution is 5.33. The molecule has 11 atom stereocenters. The average molecular weight is 475 g/mol. The van der Waals surface area contributed by atoms with Crippen LogP contribution in [0.1, 0.15) is 100 Å². The number of hydrogen-bond acceptors (Lipinski definition) is 4. The monoisotopic (exact) mass is 474 g/mol. The summed E-state index contributed by atoms with van der Waals surface area (Å²) in [5.41, 5.74) is 1.57. The number of aliphatic hydroxyl groups is 3. The summed E-state index contributed by atoms with van der Waals surface area (Å²) in [6.45, 7) is 18.2. The van der Waals surface area contributed by atoms with E-state index in [1.165, 1.54) is 19.3 Å². The van der Waals surface area contributed by atoms with Crippen LogP contribution >= 0.6 is 0 Å². The molecule has 4 nitrogen and oxygen atoms in total. The van der Waals surface area contributed by atoms with Crippen LogP contribution in [0.15, 0.2) is 11.6 Å². The van der Waals surface area contributed by atoms with Gasteiger partial charge in [0.25, 0.3) is 0 Å². The molecule has 0 amide bonds. The van der Waals surface area contributed by atoms with Gasteiger partial charge in [-0.15, -0.1) is 0 Å². The lowest BCUT2D eigenvalue weighted by Gasteiger charge is -2.64. The number of rotatable bonds is 2. The highest BCUT2D eigenvalue weighted by atomic mass is 16.6. The Morgan fingerprint density at radius 3 is 2.21 bits per heavy atom. The molecule has 3 N–H and O–H groups in total. The van der Waals surface area contributed by atoms with Crippen molar-refractivity contribution in [3.05, 3.63) is 11.6 Å². The Kier molecular flexibility index (Phi) is 5.61. The number of hydrogen-bond donors (Lipinski definition) is 3. The molecule has 4 heteroatoms. The van der Waals surface area contributed by atoms with Crippen LogP contribution in [0.4, 0.5) is 0 Å². The summed E-state index contributed by atoms with van der Waals surface area (Å²) in [6, 6.07) is 0. The van der Waals surface area contributed by atoms with Crippen molar-refractivity contribution in [3.8, 4) is 0 Å². The van der Waals surface area contributed by atoms with Crippen molar-refractivity contribution < 1.29 is 20.1 Å². The van der Waals surface area contributed by atoms with Gasteiger partial charge in [0.15, 0.2) is 0 Å². The van der Waals surface area contributed by atoms with Crippen molar-refractivity contribution in [1.82, 2.24) is 0 Å². The predicted molar refractivity (Wildman–Crippen MR) is 135 cm³/mol. The van der Waals surface area contributed by atoms with E-state index in [1.54, 1.807) is 5.57 Å². The van der Waals surface area contributed by atoms with Gasteiger partial charge < -0.3 is 20.1 Å². The third-order valence-electron chi connectivity index (χ3n) is 12.8. The Hall–Kier alpha value is -0.420. The van der Waals surface area contributed by atoms with Gasteiger partial charge in [0.05, 0.1) is 17.8 Å². The zero-order valence-electron chi connectivity index (χ0n) is 22.9. The predicted octanol–water partition coefficient (Wildman–Crippen LogP) is 5.49. The largest absolute Gasteiger partial charge is 0.393 e. The van der Waals surface area contributed by atoms with Gasteiger partial charge in [-0.1, -0.05) is 53.2 Å². The minimum Gasteiger partial charge on any atom is -0.393 e. The standard InChI is InChI=1S/C30H50O4/c1-17(24-23(32)25(33)27(4,5)34-24)18-11-15-30(8)20-9-10-21-26(2,3)22(31)13-14-28(21,6)19(20)12-16-29(18,30)7/h9,17-19,21-25,31-33H,10-16H2,1-8H3/t17-,18+,19+,21+,22-,23+,24?,25+,28-,29+,30-/m1/s1. The van der Waals surface area contributed by atoms with E-state index in [9.17, 15) is 15.3 Å². The van der Waals surface area contributed by atoms with Gasteiger partial charge in [0.2, 0.25) is 0 Å². The minimum atomic E-state index is -0.834. The normalized spacial score (nSPS) is 54.6. The van der Waals surface area contributed by atoms with Crippen molar-refractivity contribution in [2.75, 3.05) is 0 Å². The molecule has 1 saturated heterocycles. The molecule has 4 aliphatic carbocycles. The lowest BCUT2D eigenvalue weighted by atomic mass is 9.41. The van der Waals surface area contributed by atoms with Gasteiger partial charge in [-0.05, 0) is 104 Å². The summed E-state index contributed by atoms with van der Waals surface area (Å²) in [6.07, 6.45) is 8.38. The van der Waals surface area contributed by atoms with Crippen LogP contribution < -0.4 is 0 Å². The Labute approximate surface area is 207 Å². The second-order valence-electron chi connectivity index (χ2n) is 14.8. The SMILES string of the molecule is C[C@@H](C1OC(C)(C)[C@@H](O)[C@H]1O)[C@@H]1CC[C@]2(C)C3=CC[C@H]4C(C)(C)[C@H](O)CC[C@]4(C)[C@H]3CC[C@@]12C. The van der Waals surface area contributed by atoms with Crippen LogP contribution in [0.25, 0.3) is 0 Å². The Morgan fingerprint density at radius 1 is 0.912 bits per heavy atom. The fraction of sp³-hybridized carbons (Fsp3) is 0.933. The van der Waals surface area contributed by atoms with Crippen LogP contribution in [-0.2, 0) is 4.74 Å². The topological polar surface area (TPSA) is 69.9 Å². The Balaban J connectivity index is 1.46. The minimum absolute atomic E-state index is 0.0347. The molecule has 1 unspecified atom stereocenters. The number of ether oxygens (including phenoxy) is 1. The molecular weight excluding hydrogens is 424 g/mol. The van der Waals surface area contributed by atoms with E-state index in [2.05, 4.69) is 47.6 Å². The molecule has 194 valence electrons. The molecule has 5 rings (SSSR count). The lowest BCUT2D eigenvalue weighted by molar-refractivity contribution is -0.135. The second-order valence-corrected chi connectivity index (χ2v) is 14.8. The zero-order valence-corrected chi connectivity index (χ0v) is 22.9. The van der Waals surface area contributed by atoms with Gasteiger partial charge in [0.1, 0.15) is 12.2 Å². The highest BCUT2D eigenvalue weighted by Gasteiger charge is 2.66. The number of allylic oxidation sites excluding steroid dienone is 2. The van der Waals surface area contributed by atoms with E-state index >= 15 is 0 Å². The van der Waals surface area contributed by atoms with E-state index in [0.717, 1.165) is 25.7 Å². The molecule has 3 saturated carbocycles. The van der Waals surface area contributed by atoms with Gasteiger partial charge in [-0.3, -0.25) is 0 Å². The summed E-state index contributed by atoms with van der Waals surface area (Å²) < 4.78 is 6.29. The fourth-order valence-electron chi connectivity index (χ4n) is 10.3. The van der Waals surface area contributed by atoms with E-state index in [0.29, 0.717) is 17.8 Å². The van der Waals surface area contributed by atoms with Gasteiger partial charge in [-0.25, -0.2) is 0 Å². The van der Waals surface area contributed by atoms with Crippen molar-refractivity contribution in [2.45, 2.75) is 130 Å². The van der Waals surface area contributed by atoms with Crippen molar-refractivity contribution in [3.63, 3.8) is 0 Å². The number of aliphatic hydroxyl groups excluding tert-OH is 3. The van der Waals surface area contributed by atoms with Crippen LogP contribution in [0.3, 0.4) is 0 Å². The Morgan fingerprint density at radius 2 is 1.59 bits per heavy atom. The molecule has 0 aromatic rings. The average Bonchev–Trinajstić information content (AvgIpc) is 3.15. The first-order chi connectivity index (χ1) is 15.6. The summed E-state index contributed by atoms with van der Waals surface area (Å²) in [5, 5.41) is 32.3. The van der Waals surface area contributed by atoms with Crippen molar-refractivity contribution in [1.29, 1.82) is 0 Å². The zero-order chi connectivity index (χ0) is 25.1. The molecule has 0 radical (unpaired) electrons. The third-order valence-corrected chi connectivity index (χ3v) is 12.8. The van der Waals surface area contributed by atoms with Gasteiger partial charge >= 0.3 is 0 Å². The molecule has 34 heavy (non-hydrogen) atoms. The summed E-state index contributed by atoms with van der Waals surface area (Å²) >= 11 is 0. The molecule has 1 heterocycles. The third kappa shape index (κ3) is 3.04. The van der Waals surface area contributed by atoms with Crippen LogP contribution in [0, 0.1) is 45.3 Å². The van der Waals surface area contributed by atoms with E-state index in [-0.39, 0.29) is 39.8 Å². The van der Waals surface area contributed by atoms with E-state index in [4.69, 9.17) is 4.74 Å². The van der Waals surface area contributed by atoms with Crippen LogP contribution in [-0.4, -0.2) is 45.3 Å². The van der Waals surface area contributed by atoms with Gasteiger partial charge in [-0.2, -0.15) is 0 Å². The maximum absolute atomic E-state index is 10.9. The molecule has 4 fully saturated rings. The van der Waals surface area contributed by atoms with Crippen LogP contribution in [0.2, 0.25) is 0 Å². The molecule has 0 bridgehead atoms. The van der Waals surface area contributed by atoms with Gasteiger partial charge in [0, 0.05) is 0 Å². The first kappa shape index (κ1) is 25.2. The quantitative estimate of drug-likeness (QED) is 0.463. The lowest BCUT2D eigenvalue weighted by Crippen LogP contribution is -2.58. The Bertz CT molecular complexity index is 862. The fourth-order valence-corrected chi connectivity index (χ4v) is 10.3. The summed E-state index contributed by atoms with van der Waals surface area (Å²) in [4.78, 5) is 0. The summed E-state index contributed by atoms with van der Waals surface area (Å²) in [7, 11) is 0. The maximum Gasteiger partial charge on any atom is 0.111 e. The number of fused-ring (bicyclic) bond motifs is 5. The molecule has 0 spiro atoms. The van der Waals surface area contributed by atoms with E-state index < -0.39 is 17.8 Å². The molecular formula is C30H50O4. The van der Waals surface area contributed by atoms with Crippen molar-refractivity contribution in [2.24, 2.45) is 45.3 Å². The molecule has 0 aromatic heterocycles. The molecule has 0 aromatic carbocycles. The first-order valence-corrected chi connectivity index (χ1v) is 14.0. The van der Waals surface area contributed by atoms with Crippen molar-refractivity contribution >= 4 is 0 Å². The highest BCUT2D eigenvalue weighted by Crippen LogP contribution is 2.73. The maximum atomic E-state index is 10.9. The van der Waals surface area contributed by atoms with Crippen LogP contribution in [0.5, 0.6) is 0 Å². The smallest absolute Gasteiger partial charge is 0.111 e. The molecule has 5 aliphatic rings. The molecule has 1 aliphatic heterocycles. The van der Waals surface area contributed by atoms with E-state index in [1.807, 2.05) is 13.8 Å².